The molecule has 0 radical (unpaired) electrons. The van der Waals surface area contributed by atoms with E-state index in [9.17, 15) is 22.4 Å². The summed E-state index contributed by atoms with van der Waals surface area (Å²) in [7, 11) is -3.88. The zero-order valence-corrected chi connectivity index (χ0v) is 24.6. The largest absolute Gasteiger partial charge is 0.352 e. The van der Waals surface area contributed by atoms with Gasteiger partial charge in [-0.3, -0.25) is 13.9 Å². The number of anilines is 1. The van der Waals surface area contributed by atoms with Gasteiger partial charge < -0.3 is 10.2 Å². The molecule has 10 heteroatoms. The topological polar surface area (TPSA) is 86.8 Å². The van der Waals surface area contributed by atoms with Crippen molar-refractivity contribution in [3.8, 4) is 0 Å². The predicted octanol–water partition coefficient (Wildman–Crippen LogP) is 4.91. The van der Waals surface area contributed by atoms with Gasteiger partial charge in [0.15, 0.2) is 0 Å². The number of amides is 2. The maximum absolute atomic E-state index is 14.8. The number of carbonyl (C=O) groups excluding carboxylic acids is 2. The molecule has 0 saturated carbocycles. The van der Waals surface area contributed by atoms with Crippen LogP contribution in [-0.4, -0.2) is 50.0 Å². The minimum atomic E-state index is -3.88. The summed E-state index contributed by atoms with van der Waals surface area (Å²) in [4.78, 5) is 28.8. The average Bonchev–Trinajstić information content (AvgIpc) is 2.89. The van der Waals surface area contributed by atoms with Crippen LogP contribution in [0.4, 0.5) is 10.1 Å². The Hall–Kier alpha value is -3.24. The van der Waals surface area contributed by atoms with E-state index in [0.717, 1.165) is 16.1 Å². The molecule has 0 saturated heterocycles. The number of benzene rings is 3. The third-order valence-electron chi connectivity index (χ3n) is 6.35. The second-order valence-electron chi connectivity index (χ2n) is 9.39. The number of nitrogens with zero attached hydrogens (tertiary/aromatic N) is 2. The Morgan fingerprint density at radius 2 is 1.67 bits per heavy atom. The van der Waals surface area contributed by atoms with E-state index in [2.05, 4.69) is 21.2 Å². The van der Waals surface area contributed by atoms with E-state index < -0.39 is 40.2 Å². The van der Waals surface area contributed by atoms with Crippen LogP contribution < -0.4 is 9.62 Å². The van der Waals surface area contributed by atoms with E-state index in [4.69, 9.17) is 0 Å². The molecule has 3 aromatic carbocycles. The van der Waals surface area contributed by atoms with Gasteiger partial charge in [-0.05, 0) is 43.2 Å². The van der Waals surface area contributed by atoms with Crippen LogP contribution in [0.1, 0.15) is 31.4 Å². The van der Waals surface area contributed by atoms with E-state index in [1.54, 1.807) is 42.5 Å². The highest BCUT2D eigenvalue weighted by molar-refractivity contribution is 9.10. The molecule has 3 aromatic rings. The monoisotopic (exact) mass is 617 g/mol. The summed E-state index contributed by atoms with van der Waals surface area (Å²) >= 11 is 3.34. The third kappa shape index (κ3) is 8.63. The minimum absolute atomic E-state index is 0.157. The molecule has 0 unspecified atom stereocenters. The number of sulfonamides is 1. The molecule has 0 aliphatic heterocycles. The van der Waals surface area contributed by atoms with Gasteiger partial charge in [-0.2, -0.15) is 0 Å². The fraction of sp³-hybridized carbons (Fsp3) is 0.310. The molecule has 0 heterocycles. The molecule has 208 valence electrons. The van der Waals surface area contributed by atoms with Gasteiger partial charge in [-0.15, -0.1) is 0 Å². The Morgan fingerprint density at radius 1 is 1.00 bits per heavy atom. The Morgan fingerprint density at radius 3 is 2.28 bits per heavy atom. The van der Waals surface area contributed by atoms with Crippen molar-refractivity contribution in [2.75, 3.05) is 17.1 Å². The third-order valence-corrected chi connectivity index (χ3v) is 7.98. The molecular weight excluding hydrogens is 585 g/mol. The van der Waals surface area contributed by atoms with Gasteiger partial charge in [-0.1, -0.05) is 77.5 Å². The second kappa shape index (κ2) is 13.7. The van der Waals surface area contributed by atoms with Gasteiger partial charge in [0, 0.05) is 29.0 Å². The maximum Gasteiger partial charge on any atom is 0.244 e. The van der Waals surface area contributed by atoms with Crippen molar-refractivity contribution in [1.82, 2.24) is 10.2 Å². The van der Waals surface area contributed by atoms with Crippen LogP contribution in [0.3, 0.4) is 0 Å². The number of nitrogens with one attached hydrogen (secondary N) is 1. The number of carbonyl (C=O) groups is 2. The Labute approximate surface area is 238 Å². The molecule has 0 spiro atoms. The molecule has 0 aliphatic rings. The van der Waals surface area contributed by atoms with Crippen LogP contribution in [0.25, 0.3) is 0 Å². The van der Waals surface area contributed by atoms with Crippen LogP contribution in [-0.2, 0) is 32.6 Å². The SMILES string of the molecule is CC[C@H](C)NC(=O)[C@H](Cc1ccccc1)N(Cc1ccccc1F)C(=O)CN(c1cccc(Br)c1)S(C)(=O)=O. The van der Waals surface area contributed by atoms with Crippen LogP contribution in [0.5, 0.6) is 0 Å². The van der Waals surface area contributed by atoms with Crippen LogP contribution in [0, 0.1) is 5.82 Å². The second-order valence-corrected chi connectivity index (χ2v) is 12.2. The Kier molecular flexibility index (Phi) is 10.7. The van der Waals surface area contributed by atoms with Crippen molar-refractivity contribution >= 4 is 43.5 Å². The fourth-order valence-electron chi connectivity index (χ4n) is 4.05. The van der Waals surface area contributed by atoms with Crippen molar-refractivity contribution in [3.63, 3.8) is 0 Å². The highest BCUT2D eigenvalue weighted by atomic mass is 79.9. The van der Waals surface area contributed by atoms with Crippen LogP contribution >= 0.6 is 15.9 Å². The first kappa shape index (κ1) is 30.3. The minimum Gasteiger partial charge on any atom is -0.352 e. The van der Waals surface area contributed by atoms with E-state index >= 15 is 0 Å². The standard InChI is InChI=1S/C29H33BrFN3O4S/c1-4-21(2)32-29(36)27(17-22-11-6-5-7-12-22)33(19-23-13-8-9-16-26(23)31)28(35)20-34(39(3,37)38)25-15-10-14-24(30)18-25/h5-16,18,21,27H,4,17,19-20H2,1-3H3,(H,32,36)/t21-,27-/m0/s1. The summed E-state index contributed by atoms with van der Waals surface area (Å²) < 4.78 is 42.0. The molecule has 39 heavy (non-hydrogen) atoms. The van der Waals surface area contributed by atoms with Gasteiger partial charge >= 0.3 is 0 Å². The molecule has 1 N–H and O–H groups in total. The van der Waals surface area contributed by atoms with E-state index in [-0.39, 0.29) is 30.3 Å². The summed E-state index contributed by atoms with van der Waals surface area (Å²) in [6.45, 7) is 3.01. The van der Waals surface area contributed by atoms with Crippen molar-refractivity contribution in [3.05, 3.63) is 100 Å². The average molecular weight is 619 g/mol. The van der Waals surface area contributed by atoms with Crippen LogP contribution in [0.2, 0.25) is 0 Å². The summed E-state index contributed by atoms with van der Waals surface area (Å²) in [5.41, 5.74) is 1.31. The first-order valence-electron chi connectivity index (χ1n) is 12.6. The zero-order chi connectivity index (χ0) is 28.6. The first-order chi connectivity index (χ1) is 18.5. The lowest BCUT2D eigenvalue weighted by Gasteiger charge is -2.34. The molecule has 0 aromatic heterocycles. The Balaban J connectivity index is 2.07. The lowest BCUT2D eigenvalue weighted by Crippen LogP contribution is -2.54. The molecular formula is C29H33BrFN3O4S. The molecule has 0 fully saturated rings. The van der Waals surface area contributed by atoms with Gasteiger partial charge in [0.25, 0.3) is 0 Å². The maximum atomic E-state index is 14.8. The van der Waals surface area contributed by atoms with Gasteiger partial charge in [0.05, 0.1) is 11.9 Å². The summed E-state index contributed by atoms with van der Waals surface area (Å²) in [5.74, 6) is -1.56. The smallest absolute Gasteiger partial charge is 0.244 e. The highest BCUT2D eigenvalue weighted by Gasteiger charge is 2.33. The number of halogens is 2. The fourth-order valence-corrected chi connectivity index (χ4v) is 5.28. The molecule has 3 rings (SSSR count). The van der Waals surface area contributed by atoms with Gasteiger partial charge in [0.1, 0.15) is 18.4 Å². The number of hydrogen-bond donors (Lipinski definition) is 1. The van der Waals surface area contributed by atoms with Crippen molar-refractivity contribution in [2.45, 2.75) is 45.3 Å². The van der Waals surface area contributed by atoms with E-state index in [0.29, 0.717) is 10.9 Å². The van der Waals surface area contributed by atoms with Crippen LogP contribution in [0.15, 0.2) is 83.3 Å². The Bertz CT molecular complexity index is 1390. The van der Waals surface area contributed by atoms with Gasteiger partial charge in [-0.25, -0.2) is 12.8 Å². The molecule has 0 bridgehead atoms. The predicted molar refractivity (Wildman–Crippen MR) is 155 cm³/mol. The summed E-state index contributed by atoms with van der Waals surface area (Å²) in [6.07, 6.45) is 1.86. The van der Waals surface area contributed by atoms with Crippen molar-refractivity contribution < 1.29 is 22.4 Å². The summed E-state index contributed by atoms with van der Waals surface area (Å²) in [5, 5.41) is 2.94. The molecule has 0 aliphatic carbocycles. The van der Waals surface area contributed by atoms with E-state index in [1.165, 1.54) is 11.0 Å². The molecule has 7 nitrogen and oxygen atoms in total. The lowest BCUT2D eigenvalue weighted by molar-refractivity contribution is -0.140. The van der Waals surface area contributed by atoms with Crippen molar-refractivity contribution in [1.29, 1.82) is 0 Å². The van der Waals surface area contributed by atoms with Gasteiger partial charge in [0.2, 0.25) is 21.8 Å². The zero-order valence-electron chi connectivity index (χ0n) is 22.2. The molecule has 2 atom stereocenters. The number of hydrogen-bond acceptors (Lipinski definition) is 4. The lowest BCUT2D eigenvalue weighted by atomic mass is 10.0. The number of rotatable bonds is 12. The van der Waals surface area contributed by atoms with E-state index in [1.807, 2.05) is 44.2 Å². The normalized spacial score (nSPS) is 12.8. The highest BCUT2D eigenvalue weighted by Crippen LogP contribution is 2.24. The first-order valence-corrected chi connectivity index (χ1v) is 15.2. The molecule has 2 amide bonds. The van der Waals surface area contributed by atoms with Crippen molar-refractivity contribution in [2.24, 2.45) is 0 Å². The summed E-state index contributed by atoms with van der Waals surface area (Å²) in [6, 6.07) is 20.6. The quantitative estimate of drug-likeness (QED) is 0.313.